The van der Waals surface area contributed by atoms with Crippen molar-refractivity contribution in [3.63, 3.8) is 0 Å². The van der Waals surface area contributed by atoms with Crippen molar-refractivity contribution in [2.75, 3.05) is 19.0 Å². The lowest BCUT2D eigenvalue weighted by molar-refractivity contribution is -0.127. The Morgan fingerprint density at radius 1 is 1.06 bits per heavy atom. The van der Waals surface area contributed by atoms with E-state index in [1.54, 1.807) is 37.5 Å². The van der Waals surface area contributed by atoms with Crippen LogP contribution < -0.4 is 10.1 Å². The van der Waals surface area contributed by atoms with Gasteiger partial charge in [0.05, 0.1) is 12.0 Å². The minimum Gasteiger partial charge on any atom is -0.497 e. The van der Waals surface area contributed by atoms with Crippen molar-refractivity contribution in [3.05, 3.63) is 82.5 Å². The molecule has 0 saturated carbocycles. The Labute approximate surface area is 196 Å². The summed E-state index contributed by atoms with van der Waals surface area (Å²) in [6.07, 6.45) is 1.72. The van der Waals surface area contributed by atoms with E-state index < -0.39 is 17.1 Å². The SMILES string of the molecule is COc1ccc(NC(=O)CN2C(=O)S/C(=C/c3cc(C)n(-c4ccccc4)c3C)C2=O)cc1. The highest BCUT2D eigenvalue weighted by Gasteiger charge is 2.36. The molecule has 1 aliphatic rings. The summed E-state index contributed by atoms with van der Waals surface area (Å²) in [7, 11) is 1.56. The van der Waals surface area contributed by atoms with Crippen molar-refractivity contribution < 1.29 is 19.1 Å². The first-order valence-corrected chi connectivity index (χ1v) is 11.1. The number of imide groups is 1. The molecule has 7 nitrogen and oxygen atoms in total. The van der Waals surface area contributed by atoms with Gasteiger partial charge in [-0.3, -0.25) is 19.3 Å². The van der Waals surface area contributed by atoms with Crippen LogP contribution in [-0.4, -0.2) is 40.2 Å². The second-order valence-electron chi connectivity index (χ2n) is 7.54. The number of thioether (sulfide) groups is 1. The number of ether oxygens (including phenoxy) is 1. The molecule has 168 valence electrons. The van der Waals surface area contributed by atoms with Crippen molar-refractivity contribution in [3.8, 4) is 11.4 Å². The summed E-state index contributed by atoms with van der Waals surface area (Å²) >= 11 is 0.842. The maximum absolute atomic E-state index is 12.9. The fourth-order valence-electron chi connectivity index (χ4n) is 3.70. The molecule has 33 heavy (non-hydrogen) atoms. The first-order valence-electron chi connectivity index (χ1n) is 10.3. The molecule has 1 saturated heterocycles. The van der Waals surface area contributed by atoms with E-state index in [9.17, 15) is 14.4 Å². The number of hydrogen-bond acceptors (Lipinski definition) is 5. The number of carbonyl (C=O) groups is 3. The summed E-state index contributed by atoms with van der Waals surface area (Å²) in [4.78, 5) is 39.0. The van der Waals surface area contributed by atoms with Gasteiger partial charge in [0.1, 0.15) is 12.3 Å². The number of aromatic nitrogens is 1. The van der Waals surface area contributed by atoms with E-state index in [4.69, 9.17) is 4.74 Å². The lowest BCUT2D eigenvalue weighted by Gasteiger charge is -2.12. The van der Waals surface area contributed by atoms with E-state index in [0.29, 0.717) is 16.3 Å². The van der Waals surface area contributed by atoms with Crippen LogP contribution in [0.5, 0.6) is 5.75 Å². The summed E-state index contributed by atoms with van der Waals surface area (Å²) < 4.78 is 7.19. The van der Waals surface area contributed by atoms with Gasteiger partial charge in [-0.05, 0) is 79.7 Å². The molecule has 2 heterocycles. The quantitative estimate of drug-likeness (QED) is 0.535. The van der Waals surface area contributed by atoms with Crippen LogP contribution in [0, 0.1) is 13.8 Å². The predicted molar refractivity (Wildman–Crippen MR) is 130 cm³/mol. The van der Waals surface area contributed by atoms with Gasteiger partial charge in [0.25, 0.3) is 11.1 Å². The summed E-state index contributed by atoms with van der Waals surface area (Å²) in [6.45, 7) is 3.61. The van der Waals surface area contributed by atoms with Gasteiger partial charge in [0, 0.05) is 22.8 Å². The summed E-state index contributed by atoms with van der Waals surface area (Å²) in [5, 5.41) is 2.23. The smallest absolute Gasteiger partial charge is 0.294 e. The van der Waals surface area contributed by atoms with Crippen LogP contribution in [0.1, 0.15) is 17.0 Å². The highest BCUT2D eigenvalue weighted by atomic mass is 32.2. The standard InChI is InChI=1S/C25H23N3O4S/c1-16-13-18(17(2)28(16)20-7-5-4-6-8-20)14-22-24(30)27(25(31)33-22)15-23(29)26-19-9-11-21(32-3)12-10-19/h4-14H,15H2,1-3H3,(H,26,29)/b22-14+. The second kappa shape index (κ2) is 9.38. The van der Waals surface area contributed by atoms with Crippen LogP contribution in [0.2, 0.25) is 0 Å². The third kappa shape index (κ3) is 4.70. The van der Waals surface area contributed by atoms with Crippen LogP contribution in [-0.2, 0) is 9.59 Å². The number of amides is 3. The van der Waals surface area contributed by atoms with Crippen LogP contribution in [0.15, 0.2) is 65.6 Å². The molecule has 8 heteroatoms. The highest BCUT2D eigenvalue weighted by molar-refractivity contribution is 8.18. The van der Waals surface area contributed by atoms with Crippen LogP contribution in [0.25, 0.3) is 11.8 Å². The lowest BCUT2D eigenvalue weighted by Crippen LogP contribution is -2.36. The molecule has 0 aliphatic carbocycles. The average Bonchev–Trinajstić information content (AvgIpc) is 3.24. The fourth-order valence-corrected chi connectivity index (χ4v) is 4.53. The Bertz CT molecular complexity index is 1250. The Morgan fingerprint density at radius 3 is 2.42 bits per heavy atom. The third-order valence-corrected chi connectivity index (χ3v) is 6.23. The van der Waals surface area contributed by atoms with Crippen molar-refractivity contribution in [2.24, 2.45) is 0 Å². The zero-order valence-corrected chi connectivity index (χ0v) is 19.3. The van der Waals surface area contributed by atoms with Crippen LogP contribution in [0.4, 0.5) is 10.5 Å². The predicted octanol–water partition coefficient (Wildman–Crippen LogP) is 4.78. The van der Waals surface area contributed by atoms with Crippen molar-refractivity contribution in [1.29, 1.82) is 0 Å². The van der Waals surface area contributed by atoms with Gasteiger partial charge >= 0.3 is 0 Å². The number of nitrogens with one attached hydrogen (secondary N) is 1. The minimum atomic E-state index is -0.473. The summed E-state index contributed by atoms with van der Waals surface area (Å²) in [5.41, 5.74) is 4.41. The molecule has 0 unspecified atom stereocenters. The van der Waals surface area contributed by atoms with Crippen molar-refractivity contribution >= 4 is 40.6 Å². The molecule has 0 bridgehead atoms. The van der Waals surface area contributed by atoms with E-state index in [1.807, 2.05) is 50.2 Å². The van der Waals surface area contributed by atoms with Gasteiger partial charge in [-0.15, -0.1) is 0 Å². The Hall–Kier alpha value is -3.78. The van der Waals surface area contributed by atoms with Gasteiger partial charge in [0.2, 0.25) is 5.91 Å². The van der Waals surface area contributed by atoms with E-state index in [1.165, 1.54) is 0 Å². The monoisotopic (exact) mass is 461 g/mol. The Kier molecular flexibility index (Phi) is 6.37. The summed E-state index contributed by atoms with van der Waals surface area (Å²) in [5.74, 6) is -0.263. The fraction of sp³-hybridized carbons (Fsp3) is 0.160. The number of hydrogen-bond donors (Lipinski definition) is 1. The maximum Gasteiger partial charge on any atom is 0.294 e. The van der Waals surface area contributed by atoms with E-state index in [0.717, 1.165) is 39.3 Å². The van der Waals surface area contributed by atoms with Gasteiger partial charge < -0.3 is 14.6 Å². The molecular formula is C25H23N3O4S. The van der Waals surface area contributed by atoms with Gasteiger partial charge in [0.15, 0.2) is 0 Å². The molecular weight excluding hydrogens is 438 g/mol. The zero-order valence-electron chi connectivity index (χ0n) is 18.5. The summed E-state index contributed by atoms with van der Waals surface area (Å²) in [6, 6.07) is 18.7. The van der Waals surface area contributed by atoms with Gasteiger partial charge in [-0.2, -0.15) is 0 Å². The number of carbonyl (C=O) groups excluding carboxylic acids is 3. The maximum atomic E-state index is 12.9. The number of nitrogens with zero attached hydrogens (tertiary/aromatic N) is 2. The van der Waals surface area contributed by atoms with E-state index >= 15 is 0 Å². The first-order chi connectivity index (χ1) is 15.9. The topological polar surface area (TPSA) is 80.6 Å². The van der Waals surface area contributed by atoms with Crippen LogP contribution >= 0.6 is 11.8 Å². The van der Waals surface area contributed by atoms with Crippen molar-refractivity contribution in [2.45, 2.75) is 13.8 Å². The van der Waals surface area contributed by atoms with Gasteiger partial charge in [-0.1, -0.05) is 18.2 Å². The van der Waals surface area contributed by atoms with E-state index in [2.05, 4.69) is 9.88 Å². The number of methoxy groups -OCH3 is 1. The Balaban J connectivity index is 1.49. The number of rotatable bonds is 6. The minimum absolute atomic E-state index is 0.297. The molecule has 3 amide bonds. The molecule has 0 spiro atoms. The first kappa shape index (κ1) is 22.4. The molecule has 3 aromatic rings. The largest absolute Gasteiger partial charge is 0.497 e. The normalized spacial score (nSPS) is 14.8. The lowest BCUT2D eigenvalue weighted by atomic mass is 10.2. The third-order valence-electron chi connectivity index (χ3n) is 5.32. The molecule has 1 N–H and O–H groups in total. The second-order valence-corrected chi connectivity index (χ2v) is 8.54. The van der Waals surface area contributed by atoms with Crippen molar-refractivity contribution in [1.82, 2.24) is 9.47 Å². The highest BCUT2D eigenvalue weighted by Crippen LogP contribution is 2.33. The Morgan fingerprint density at radius 2 is 1.76 bits per heavy atom. The molecule has 1 aliphatic heterocycles. The molecule has 4 rings (SSSR count). The zero-order chi connectivity index (χ0) is 23.5. The molecule has 2 aromatic carbocycles. The molecule has 1 aromatic heterocycles. The van der Waals surface area contributed by atoms with E-state index in [-0.39, 0.29) is 6.54 Å². The molecule has 0 atom stereocenters. The average molecular weight is 462 g/mol. The number of benzene rings is 2. The number of anilines is 1. The van der Waals surface area contributed by atoms with Crippen LogP contribution in [0.3, 0.4) is 0 Å². The van der Waals surface area contributed by atoms with Gasteiger partial charge in [-0.25, -0.2) is 0 Å². The number of aryl methyl sites for hydroxylation is 1. The molecule has 0 radical (unpaired) electrons. The molecule has 1 fully saturated rings. The number of para-hydroxylation sites is 1.